The maximum absolute atomic E-state index is 13.8. The first-order valence-corrected chi connectivity index (χ1v) is 7.32. The smallest absolute Gasteiger partial charge is 0.142 e. The van der Waals surface area contributed by atoms with Crippen LogP contribution in [0, 0.1) is 11.6 Å². The van der Waals surface area contributed by atoms with E-state index in [9.17, 15) is 13.9 Å². The molecule has 0 bridgehead atoms. The van der Waals surface area contributed by atoms with Crippen molar-refractivity contribution < 1.29 is 13.9 Å². The van der Waals surface area contributed by atoms with Gasteiger partial charge in [-0.15, -0.1) is 11.3 Å². The van der Waals surface area contributed by atoms with Gasteiger partial charge >= 0.3 is 0 Å². The average Bonchev–Trinajstić information content (AvgIpc) is 2.82. The zero-order chi connectivity index (χ0) is 15.1. The van der Waals surface area contributed by atoms with Crippen LogP contribution in [0.4, 0.5) is 8.78 Å². The van der Waals surface area contributed by atoms with E-state index in [2.05, 4.69) is 20.8 Å². The number of benzene rings is 1. The van der Waals surface area contributed by atoms with Crippen molar-refractivity contribution in [3.05, 3.63) is 56.2 Å². The van der Waals surface area contributed by atoms with Gasteiger partial charge in [0.25, 0.3) is 0 Å². The maximum atomic E-state index is 13.8. The molecular formula is C15H15ClF2OS. The Morgan fingerprint density at radius 1 is 1.15 bits per heavy atom. The van der Waals surface area contributed by atoms with Gasteiger partial charge in [0.05, 0.1) is 5.02 Å². The molecule has 0 saturated carbocycles. The van der Waals surface area contributed by atoms with Crippen molar-refractivity contribution in [1.29, 1.82) is 0 Å². The van der Waals surface area contributed by atoms with E-state index >= 15 is 0 Å². The van der Waals surface area contributed by atoms with Crippen molar-refractivity contribution in [3.8, 4) is 0 Å². The number of aliphatic hydroxyl groups excluding tert-OH is 1. The van der Waals surface area contributed by atoms with Crippen LogP contribution in [0.15, 0.2) is 24.3 Å². The summed E-state index contributed by atoms with van der Waals surface area (Å²) < 4.78 is 27.2. The molecule has 0 amide bonds. The molecule has 0 saturated heterocycles. The van der Waals surface area contributed by atoms with E-state index in [1.54, 1.807) is 6.07 Å². The standard InChI is InChI=1S/C15H15ClF2OS/c1-15(2,3)13-5-4-12(20-13)14(19)8-6-11(18)9(16)7-10(8)17/h4-7,14,19H,1-3H3. The van der Waals surface area contributed by atoms with Gasteiger partial charge in [-0.3, -0.25) is 0 Å². The Morgan fingerprint density at radius 3 is 2.35 bits per heavy atom. The van der Waals surface area contributed by atoms with E-state index in [0.717, 1.165) is 17.0 Å². The molecule has 0 spiro atoms. The first-order valence-electron chi connectivity index (χ1n) is 6.13. The molecule has 1 aromatic heterocycles. The molecule has 1 heterocycles. The molecule has 5 heteroatoms. The number of halogens is 3. The van der Waals surface area contributed by atoms with Gasteiger partial charge < -0.3 is 5.11 Å². The van der Waals surface area contributed by atoms with Gasteiger partial charge in [0, 0.05) is 15.3 Å². The second kappa shape index (κ2) is 5.43. The van der Waals surface area contributed by atoms with Gasteiger partial charge in [0.2, 0.25) is 0 Å². The average molecular weight is 317 g/mol. The minimum atomic E-state index is -1.19. The fourth-order valence-electron chi connectivity index (χ4n) is 1.80. The summed E-state index contributed by atoms with van der Waals surface area (Å²) in [5.41, 5.74) is -0.152. The molecule has 0 aliphatic carbocycles. The minimum absolute atomic E-state index is 0.0492. The molecule has 1 N–H and O–H groups in total. The lowest BCUT2D eigenvalue weighted by molar-refractivity contribution is 0.218. The van der Waals surface area contributed by atoms with E-state index in [-0.39, 0.29) is 16.0 Å². The number of thiophene rings is 1. The molecule has 1 atom stereocenters. The topological polar surface area (TPSA) is 20.2 Å². The SMILES string of the molecule is CC(C)(C)c1ccc(C(O)c2cc(F)c(Cl)cc2F)s1. The second-order valence-electron chi connectivity index (χ2n) is 5.64. The van der Waals surface area contributed by atoms with Gasteiger partial charge in [-0.2, -0.15) is 0 Å². The van der Waals surface area contributed by atoms with Crippen LogP contribution in [0.3, 0.4) is 0 Å². The highest BCUT2D eigenvalue weighted by Gasteiger charge is 2.22. The fraction of sp³-hybridized carbons (Fsp3) is 0.333. The summed E-state index contributed by atoms with van der Waals surface area (Å²) in [6, 6.07) is 5.46. The molecule has 0 fully saturated rings. The molecule has 1 aromatic carbocycles. The van der Waals surface area contributed by atoms with Gasteiger partial charge in [0.15, 0.2) is 0 Å². The van der Waals surface area contributed by atoms with E-state index in [4.69, 9.17) is 11.6 Å². The van der Waals surface area contributed by atoms with Crippen molar-refractivity contribution in [1.82, 2.24) is 0 Å². The number of hydrogen-bond donors (Lipinski definition) is 1. The summed E-state index contributed by atoms with van der Waals surface area (Å²) in [6.45, 7) is 6.16. The Kier molecular flexibility index (Phi) is 4.19. The van der Waals surface area contributed by atoms with Crippen LogP contribution in [-0.4, -0.2) is 5.11 Å². The predicted molar refractivity (Wildman–Crippen MR) is 78.4 cm³/mol. The molecule has 1 nitrogen and oxygen atoms in total. The Labute approximate surface area is 125 Å². The van der Waals surface area contributed by atoms with Crippen LogP contribution < -0.4 is 0 Å². The number of rotatable bonds is 2. The molecule has 20 heavy (non-hydrogen) atoms. The Morgan fingerprint density at radius 2 is 1.80 bits per heavy atom. The van der Waals surface area contributed by atoms with Crippen molar-refractivity contribution in [2.75, 3.05) is 0 Å². The lowest BCUT2D eigenvalue weighted by atomic mass is 9.95. The van der Waals surface area contributed by atoms with Crippen LogP contribution in [0.1, 0.15) is 42.2 Å². The lowest BCUT2D eigenvalue weighted by Crippen LogP contribution is -2.08. The third-order valence-electron chi connectivity index (χ3n) is 2.97. The van der Waals surface area contributed by atoms with Crippen LogP contribution in [-0.2, 0) is 5.41 Å². The number of aliphatic hydroxyl groups is 1. The van der Waals surface area contributed by atoms with Gasteiger partial charge in [-0.25, -0.2) is 8.78 Å². The fourth-order valence-corrected chi connectivity index (χ4v) is 3.02. The molecule has 2 aromatic rings. The second-order valence-corrected chi connectivity index (χ2v) is 7.16. The van der Waals surface area contributed by atoms with E-state index in [1.807, 2.05) is 6.07 Å². The Balaban J connectivity index is 2.39. The molecule has 0 aliphatic heterocycles. The first-order chi connectivity index (χ1) is 9.20. The molecule has 0 radical (unpaired) electrons. The van der Waals surface area contributed by atoms with E-state index < -0.39 is 17.7 Å². The first kappa shape index (κ1) is 15.4. The largest absolute Gasteiger partial charge is 0.383 e. The zero-order valence-electron chi connectivity index (χ0n) is 11.4. The van der Waals surface area contributed by atoms with Crippen molar-refractivity contribution >= 4 is 22.9 Å². The van der Waals surface area contributed by atoms with E-state index in [0.29, 0.717) is 4.88 Å². The molecule has 108 valence electrons. The Hall–Kier alpha value is -0.970. The molecular weight excluding hydrogens is 302 g/mol. The summed E-state index contributed by atoms with van der Waals surface area (Å²) in [5.74, 6) is -1.45. The summed E-state index contributed by atoms with van der Waals surface area (Å²) in [7, 11) is 0. The normalized spacial score (nSPS) is 13.6. The summed E-state index contributed by atoms with van der Waals surface area (Å²) in [4.78, 5) is 1.65. The Bertz CT molecular complexity index is 631. The highest BCUT2D eigenvalue weighted by Crippen LogP contribution is 2.36. The highest BCUT2D eigenvalue weighted by molar-refractivity contribution is 7.12. The zero-order valence-corrected chi connectivity index (χ0v) is 12.9. The maximum Gasteiger partial charge on any atom is 0.142 e. The van der Waals surface area contributed by atoms with Gasteiger partial charge in [-0.1, -0.05) is 32.4 Å². The van der Waals surface area contributed by atoms with Crippen LogP contribution in [0.2, 0.25) is 5.02 Å². The highest BCUT2D eigenvalue weighted by atomic mass is 35.5. The predicted octanol–water partition coefficient (Wildman–Crippen LogP) is 5.06. The van der Waals surface area contributed by atoms with Crippen LogP contribution in [0.5, 0.6) is 0 Å². The van der Waals surface area contributed by atoms with Crippen molar-refractivity contribution in [2.24, 2.45) is 0 Å². The third-order valence-corrected chi connectivity index (χ3v) is 4.82. The summed E-state index contributed by atoms with van der Waals surface area (Å²) >= 11 is 6.90. The van der Waals surface area contributed by atoms with Gasteiger partial charge in [0.1, 0.15) is 17.7 Å². The summed E-state index contributed by atoms with van der Waals surface area (Å²) in [6.07, 6.45) is -1.19. The van der Waals surface area contributed by atoms with Crippen molar-refractivity contribution in [2.45, 2.75) is 32.3 Å². The quantitative estimate of drug-likeness (QED) is 0.768. The van der Waals surface area contributed by atoms with Crippen LogP contribution in [0.25, 0.3) is 0 Å². The van der Waals surface area contributed by atoms with Crippen LogP contribution >= 0.6 is 22.9 Å². The summed E-state index contributed by atoms with van der Waals surface area (Å²) in [5, 5.41) is 9.94. The lowest BCUT2D eigenvalue weighted by Gasteiger charge is -2.16. The van der Waals surface area contributed by atoms with Gasteiger partial charge in [-0.05, 0) is 29.7 Å². The van der Waals surface area contributed by atoms with Crippen molar-refractivity contribution in [3.63, 3.8) is 0 Å². The molecule has 2 rings (SSSR count). The molecule has 1 unspecified atom stereocenters. The monoisotopic (exact) mass is 316 g/mol. The third kappa shape index (κ3) is 3.03. The van der Waals surface area contributed by atoms with E-state index in [1.165, 1.54) is 11.3 Å². The number of hydrogen-bond acceptors (Lipinski definition) is 2. The molecule has 0 aliphatic rings. The minimum Gasteiger partial charge on any atom is -0.383 e.